The Balaban J connectivity index is 1.94. The monoisotopic (exact) mass is 306 g/mol. The lowest BCUT2D eigenvalue weighted by Crippen LogP contribution is -2.42. The maximum absolute atomic E-state index is 12.2. The number of nitrogens with zero attached hydrogens (tertiary/aromatic N) is 1. The lowest BCUT2D eigenvalue weighted by Gasteiger charge is -2.34. The molecule has 2 rings (SSSR count). The first-order valence-corrected chi connectivity index (χ1v) is 7.76. The van der Waals surface area contributed by atoms with E-state index in [1.165, 1.54) is 6.42 Å². The largest absolute Gasteiger partial charge is 0.493 e. The minimum Gasteiger partial charge on any atom is -0.493 e. The summed E-state index contributed by atoms with van der Waals surface area (Å²) in [6, 6.07) is 5.39. The second-order valence-corrected chi connectivity index (χ2v) is 6.26. The summed E-state index contributed by atoms with van der Waals surface area (Å²) in [5, 5.41) is 2.93. The van der Waals surface area contributed by atoms with Gasteiger partial charge in [-0.05, 0) is 30.4 Å². The van der Waals surface area contributed by atoms with Crippen molar-refractivity contribution >= 4 is 11.6 Å². The smallest absolute Gasteiger partial charge is 0.238 e. The molecular formula is C17H26N2O3. The second kappa shape index (κ2) is 7.49. The Labute approximate surface area is 132 Å². The number of hydrogen-bond donors (Lipinski definition) is 1. The molecule has 0 bridgehead atoms. The van der Waals surface area contributed by atoms with Crippen molar-refractivity contribution in [2.75, 3.05) is 39.2 Å². The molecule has 0 saturated carbocycles. The highest BCUT2D eigenvalue weighted by Crippen LogP contribution is 2.29. The molecule has 0 aromatic heterocycles. The molecule has 1 aliphatic heterocycles. The Morgan fingerprint density at radius 1 is 1.18 bits per heavy atom. The Kier molecular flexibility index (Phi) is 5.66. The zero-order valence-corrected chi connectivity index (χ0v) is 13.9. The SMILES string of the molecule is COc1ccc(NC(=O)CN2C[C@H](C)C[C@H](C)C2)cc1OC. The topological polar surface area (TPSA) is 50.8 Å². The van der Waals surface area contributed by atoms with Gasteiger partial charge < -0.3 is 14.8 Å². The van der Waals surface area contributed by atoms with Gasteiger partial charge in [0.05, 0.1) is 20.8 Å². The molecule has 0 aliphatic carbocycles. The summed E-state index contributed by atoms with van der Waals surface area (Å²) in [7, 11) is 3.18. The number of benzene rings is 1. The van der Waals surface area contributed by atoms with Crippen molar-refractivity contribution in [2.24, 2.45) is 11.8 Å². The standard InChI is InChI=1S/C17H26N2O3/c1-12-7-13(2)10-19(9-12)11-17(20)18-14-5-6-15(21-3)16(8-14)22-4/h5-6,8,12-13H,7,9-11H2,1-4H3,(H,18,20)/t12-,13+. The summed E-state index contributed by atoms with van der Waals surface area (Å²) >= 11 is 0. The van der Waals surface area contributed by atoms with Gasteiger partial charge in [0, 0.05) is 24.8 Å². The van der Waals surface area contributed by atoms with Crippen molar-refractivity contribution in [3.05, 3.63) is 18.2 Å². The molecule has 1 aliphatic rings. The van der Waals surface area contributed by atoms with Gasteiger partial charge in [-0.1, -0.05) is 13.8 Å². The Hall–Kier alpha value is -1.75. The fraction of sp³-hybridized carbons (Fsp3) is 0.588. The molecule has 0 spiro atoms. The lowest BCUT2D eigenvalue weighted by atomic mass is 9.92. The average Bonchev–Trinajstić information content (AvgIpc) is 2.45. The summed E-state index contributed by atoms with van der Waals surface area (Å²) in [6.07, 6.45) is 1.24. The predicted octanol–water partition coefficient (Wildman–Crippen LogP) is 2.62. The molecule has 0 unspecified atom stereocenters. The van der Waals surface area contributed by atoms with E-state index in [0.717, 1.165) is 18.8 Å². The summed E-state index contributed by atoms with van der Waals surface area (Å²) in [6.45, 7) is 6.90. The van der Waals surface area contributed by atoms with Crippen molar-refractivity contribution in [3.63, 3.8) is 0 Å². The molecular weight excluding hydrogens is 280 g/mol. The molecule has 1 saturated heterocycles. The molecule has 5 heteroatoms. The number of carbonyl (C=O) groups excluding carboxylic acids is 1. The fourth-order valence-corrected chi connectivity index (χ4v) is 3.24. The highest BCUT2D eigenvalue weighted by molar-refractivity contribution is 5.92. The second-order valence-electron chi connectivity index (χ2n) is 6.26. The Morgan fingerprint density at radius 3 is 2.41 bits per heavy atom. The van der Waals surface area contributed by atoms with Crippen molar-refractivity contribution in [3.8, 4) is 11.5 Å². The predicted molar refractivity (Wildman–Crippen MR) is 87.6 cm³/mol. The van der Waals surface area contributed by atoms with Gasteiger partial charge in [0.2, 0.25) is 5.91 Å². The van der Waals surface area contributed by atoms with Crippen molar-refractivity contribution in [1.29, 1.82) is 0 Å². The molecule has 1 fully saturated rings. The summed E-state index contributed by atoms with van der Waals surface area (Å²) in [5.74, 6) is 2.57. The number of rotatable bonds is 5. The quantitative estimate of drug-likeness (QED) is 0.908. The van der Waals surface area contributed by atoms with E-state index in [1.54, 1.807) is 26.4 Å². The van der Waals surface area contributed by atoms with Gasteiger partial charge >= 0.3 is 0 Å². The number of hydrogen-bond acceptors (Lipinski definition) is 4. The average molecular weight is 306 g/mol. The molecule has 1 amide bonds. The van der Waals surface area contributed by atoms with Gasteiger partial charge in [-0.3, -0.25) is 9.69 Å². The van der Waals surface area contributed by atoms with Crippen LogP contribution in [0, 0.1) is 11.8 Å². The third-order valence-electron chi connectivity index (χ3n) is 3.98. The van der Waals surface area contributed by atoms with Crippen molar-refractivity contribution in [2.45, 2.75) is 20.3 Å². The van der Waals surface area contributed by atoms with E-state index < -0.39 is 0 Å². The number of nitrogens with one attached hydrogen (secondary N) is 1. The van der Waals surface area contributed by atoms with Crippen LogP contribution in [0.5, 0.6) is 11.5 Å². The van der Waals surface area contributed by atoms with E-state index in [4.69, 9.17) is 9.47 Å². The number of carbonyl (C=O) groups is 1. The van der Waals surface area contributed by atoms with E-state index in [0.29, 0.717) is 29.9 Å². The third kappa shape index (κ3) is 4.37. The van der Waals surface area contributed by atoms with Crippen molar-refractivity contribution < 1.29 is 14.3 Å². The number of likely N-dealkylation sites (tertiary alicyclic amines) is 1. The van der Waals surface area contributed by atoms with E-state index in [9.17, 15) is 4.79 Å². The normalized spacial score (nSPS) is 22.2. The molecule has 1 aromatic carbocycles. The van der Waals surface area contributed by atoms with Gasteiger partial charge in [0.25, 0.3) is 0 Å². The molecule has 1 aromatic rings. The number of piperidine rings is 1. The highest BCUT2D eigenvalue weighted by atomic mass is 16.5. The zero-order valence-electron chi connectivity index (χ0n) is 13.9. The van der Waals surface area contributed by atoms with Crippen LogP contribution in [0.25, 0.3) is 0 Å². The first-order valence-electron chi connectivity index (χ1n) is 7.76. The summed E-state index contributed by atoms with van der Waals surface area (Å²) in [5.41, 5.74) is 0.723. The van der Waals surface area contributed by atoms with Crippen LogP contribution in [-0.4, -0.2) is 44.7 Å². The van der Waals surface area contributed by atoms with Crippen LogP contribution in [0.15, 0.2) is 18.2 Å². The van der Waals surface area contributed by atoms with E-state index >= 15 is 0 Å². The molecule has 1 heterocycles. The van der Waals surface area contributed by atoms with Crippen LogP contribution < -0.4 is 14.8 Å². The summed E-state index contributed by atoms with van der Waals surface area (Å²) in [4.78, 5) is 14.5. The fourth-order valence-electron chi connectivity index (χ4n) is 3.24. The maximum atomic E-state index is 12.2. The van der Waals surface area contributed by atoms with Crippen LogP contribution in [0.3, 0.4) is 0 Å². The maximum Gasteiger partial charge on any atom is 0.238 e. The molecule has 5 nitrogen and oxygen atoms in total. The van der Waals surface area contributed by atoms with Crippen LogP contribution in [0.4, 0.5) is 5.69 Å². The van der Waals surface area contributed by atoms with Crippen LogP contribution in [0.1, 0.15) is 20.3 Å². The number of anilines is 1. The number of amides is 1. The number of ether oxygens (including phenoxy) is 2. The first-order chi connectivity index (χ1) is 10.5. The highest BCUT2D eigenvalue weighted by Gasteiger charge is 2.23. The van der Waals surface area contributed by atoms with Gasteiger partial charge in [-0.15, -0.1) is 0 Å². The van der Waals surface area contributed by atoms with Crippen LogP contribution >= 0.6 is 0 Å². The van der Waals surface area contributed by atoms with Crippen molar-refractivity contribution in [1.82, 2.24) is 4.90 Å². The molecule has 22 heavy (non-hydrogen) atoms. The van der Waals surface area contributed by atoms with E-state index in [-0.39, 0.29) is 5.91 Å². The minimum absolute atomic E-state index is 0.00789. The van der Waals surface area contributed by atoms with Gasteiger partial charge in [0.15, 0.2) is 11.5 Å². The van der Waals surface area contributed by atoms with E-state index in [2.05, 4.69) is 24.1 Å². The van der Waals surface area contributed by atoms with Crippen LogP contribution in [-0.2, 0) is 4.79 Å². The Bertz CT molecular complexity index is 509. The zero-order chi connectivity index (χ0) is 16.1. The first kappa shape index (κ1) is 16.6. The molecule has 2 atom stereocenters. The van der Waals surface area contributed by atoms with Gasteiger partial charge in [0.1, 0.15) is 0 Å². The Morgan fingerprint density at radius 2 is 1.82 bits per heavy atom. The number of methoxy groups -OCH3 is 2. The van der Waals surface area contributed by atoms with E-state index in [1.807, 2.05) is 6.07 Å². The van der Waals surface area contributed by atoms with Crippen LogP contribution in [0.2, 0.25) is 0 Å². The van der Waals surface area contributed by atoms with Gasteiger partial charge in [-0.25, -0.2) is 0 Å². The third-order valence-corrected chi connectivity index (χ3v) is 3.98. The summed E-state index contributed by atoms with van der Waals surface area (Å²) < 4.78 is 10.4. The minimum atomic E-state index is 0.00789. The molecule has 1 N–H and O–H groups in total. The molecule has 122 valence electrons. The van der Waals surface area contributed by atoms with Gasteiger partial charge in [-0.2, -0.15) is 0 Å². The lowest BCUT2D eigenvalue weighted by molar-refractivity contribution is -0.117. The molecule has 0 radical (unpaired) electrons.